The number of nitrogens with one attached hydrogen (secondary N) is 2. The zero-order valence-corrected chi connectivity index (χ0v) is 15.0. The van der Waals surface area contributed by atoms with Gasteiger partial charge in [-0.05, 0) is 25.7 Å². The Balaban J connectivity index is 1.42. The van der Waals surface area contributed by atoms with Crippen LogP contribution in [0.5, 0.6) is 0 Å². The van der Waals surface area contributed by atoms with Crippen LogP contribution in [0, 0.1) is 5.92 Å². The maximum atomic E-state index is 11.8. The number of urea groups is 1. The molecule has 0 unspecified atom stereocenters. The standard InChI is InChI=1S/C17H26N4O2S/c1-18-17(23)21-9-6-13(7-10-21)16-20-14(11-24-16)5-8-19-15(22)12-3-2-4-12/h11-13H,2-10H2,1H3,(H,18,23)(H,19,22). The Morgan fingerprint density at radius 1 is 1.29 bits per heavy atom. The van der Waals surface area contributed by atoms with E-state index < -0.39 is 0 Å². The molecular weight excluding hydrogens is 324 g/mol. The lowest BCUT2D eigenvalue weighted by Gasteiger charge is -2.30. The monoisotopic (exact) mass is 350 g/mol. The predicted molar refractivity (Wildman–Crippen MR) is 94.2 cm³/mol. The molecule has 3 amide bonds. The second kappa shape index (κ2) is 7.96. The van der Waals surface area contributed by atoms with E-state index in [4.69, 9.17) is 4.98 Å². The summed E-state index contributed by atoms with van der Waals surface area (Å²) < 4.78 is 0. The molecule has 1 saturated heterocycles. The molecule has 0 aromatic carbocycles. The number of hydrogen-bond acceptors (Lipinski definition) is 4. The predicted octanol–water partition coefficient (Wildman–Crippen LogP) is 2.12. The van der Waals surface area contributed by atoms with Crippen molar-refractivity contribution in [1.29, 1.82) is 0 Å². The molecule has 0 spiro atoms. The first kappa shape index (κ1) is 17.2. The van der Waals surface area contributed by atoms with Gasteiger partial charge < -0.3 is 15.5 Å². The lowest BCUT2D eigenvalue weighted by Crippen LogP contribution is -2.42. The van der Waals surface area contributed by atoms with Crippen molar-refractivity contribution in [3.8, 4) is 0 Å². The number of amides is 3. The van der Waals surface area contributed by atoms with Crippen molar-refractivity contribution in [3.63, 3.8) is 0 Å². The molecule has 1 aromatic rings. The lowest BCUT2D eigenvalue weighted by atomic mass is 9.85. The fourth-order valence-electron chi connectivity index (χ4n) is 3.24. The van der Waals surface area contributed by atoms with Gasteiger partial charge in [0.2, 0.25) is 5.91 Å². The summed E-state index contributed by atoms with van der Waals surface area (Å²) in [5.41, 5.74) is 1.07. The lowest BCUT2D eigenvalue weighted by molar-refractivity contribution is -0.127. The molecular formula is C17H26N4O2S. The third-order valence-electron chi connectivity index (χ3n) is 5.07. The van der Waals surface area contributed by atoms with Crippen molar-refractivity contribution < 1.29 is 9.59 Å². The molecule has 2 heterocycles. The van der Waals surface area contributed by atoms with Gasteiger partial charge in [-0.15, -0.1) is 11.3 Å². The summed E-state index contributed by atoms with van der Waals surface area (Å²) in [6.45, 7) is 2.25. The maximum Gasteiger partial charge on any atom is 0.317 e. The van der Waals surface area contributed by atoms with Crippen molar-refractivity contribution in [2.24, 2.45) is 5.92 Å². The number of carbonyl (C=O) groups is 2. The Labute approximate surface area is 147 Å². The highest BCUT2D eigenvalue weighted by Gasteiger charge is 2.26. The van der Waals surface area contributed by atoms with Gasteiger partial charge in [-0.3, -0.25) is 4.79 Å². The molecule has 0 radical (unpaired) electrons. The highest BCUT2D eigenvalue weighted by Crippen LogP contribution is 2.30. The van der Waals surface area contributed by atoms with Crippen LogP contribution in [0.4, 0.5) is 4.79 Å². The van der Waals surface area contributed by atoms with Gasteiger partial charge in [0.15, 0.2) is 0 Å². The average molecular weight is 350 g/mol. The van der Waals surface area contributed by atoms with Crippen LogP contribution in [0.2, 0.25) is 0 Å². The Hall–Kier alpha value is -1.63. The number of likely N-dealkylation sites (tertiary alicyclic amines) is 1. The van der Waals surface area contributed by atoms with Gasteiger partial charge in [-0.1, -0.05) is 6.42 Å². The summed E-state index contributed by atoms with van der Waals surface area (Å²) >= 11 is 1.71. The van der Waals surface area contributed by atoms with E-state index in [2.05, 4.69) is 16.0 Å². The molecule has 1 aromatic heterocycles. The highest BCUT2D eigenvalue weighted by molar-refractivity contribution is 7.09. The number of hydrogen-bond donors (Lipinski definition) is 2. The van der Waals surface area contributed by atoms with Crippen LogP contribution in [0.1, 0.15) is 48.7 Å². The summed E-state index contributed by atoms with van der Waals surface area (Å²) in [6, 6.07) is 0.00971. The summed E-state index contributed by atoms with van der Waals surface area (Å²) in [6.07, 6.45) is 6.01. The van der Waals surface area contributed by atoms with Gasteiger partial charge in [0.25, 0.3) is 0 Å². The van der Waals surface area contributed by atoms with E-state index in [0.717, 1.165) is 50.9 Å². The second-order valence-corrected chi connectivity index (χ2v) is 7.55. The molecule has 2 fully saturated rings. The first-order chi connectivity index (χ1) is 11.7. The Kier molecular flexibility index (Phi) is 5.71. The first-order valence-corrected chi connectivity index (χ1v) is 9.74. The Morgan fingerprint density at radius 2 is 2.04 bits per heavy atom. The van der Waals surface area contributed by atoms with Gasteiger partial charge in [-0.25, -0.2) is 9.78 Å². The summed E-state index contributed by atoms with van der Waals surface area (Å²) in [7, 11) is 1.67. The zero-order chi connectivity index (χ0) is 16.9. The molecule has 1 saturated carbocycles. The topological polar surface area (TPSA) is 74.3 Å². The molecule has 3 rings (SSSR count). The van der Waals surface area contributed by atoms with Crippen LogP contribution in [-0.4, -0.2) is 48.5 Å². The highest BCUT2D eigenvalue weighted by atomic mass is 32.1. The molecule has 132 valence electrons. The van der Waals surface area contributed by atoms with E-state index in [-0.39, 0.29) is 17.9 Å². The van der Waals surface area contributed by atoms with E-state index in [0.29, 0.717) is 12.5 Å². The Bertz CT molecular complexity index is 577. The summed E-state index contributed by atoms with van der Waals surface area (Å²) in [5, 5.41) is 8.98. The number of aromatic nitrogens is 1. The van der Waals surface area contributed by atoms with Crippen LogP contribution < -0.4 is 10.6 Å². The Morgan fingerprint density at radius 3 is 2.67 bits per heavy atom. The smallest absolute Gasteiger partial charge is 0.317 e. The van der Waals surface area contributed by atoms with E-state index in [1.807, 2.05) is 4.90 Å². The maximum absolute atomic E-state index is 11.8. The van der Waals surface area contributed by atoms with E-state index in [9.17, 15) is 9.59 Å². The zero-order valence-electron chi connectivity index (χ0n) is 14.2. The van der Waals surface area contributed by atoms with E-state index in [1.165, 1.54) is 11.4 Å². The molecule has 1 aliphatic heterocycles. The summed E-state index contributed by atoms with van der Waals surface area (Å²) in [5.74, 6) is 0.911. The normalized spacial score (nSPS) is 19.0. The summed E-state index contributed by atoms with van der Waals surface area (Å²) in [4.78, 5) is 30.1. The molecule has 7 heteroatoms. The van der Waals surface area contributed by atoms with Crippen molar-refractivity contribution in [3.05, 3.63) is 16.1 Å². The van der Waals surface area contributed by atoms with Crippen molar-refractivity contribution in [2.45, 2.75) is 44.4 Å². The van der Waals surface area contributed by atoms with Crippen LogP contribution in [0.3, 0.4) is 0 Å². The molecule has 0 bridgehead atoms. The number of carbonyl (C=O) groups excluding carboxylic acids is 2. The molecule has 1 aliphatic carbocycles. The van der Waals surface area contributed by atoms with Crippen LogP contribution in [-0.2, 0) is 11.2 Å². The van der Waals surface area contributed by atoms with E-state index in [1.54, 1.807) is 18.4 Å². The minimum absolute atomic E-state index is 0.00971. The number of rotatable bonds is 5. The van der Waals surface area contributed by atoms with Gasteiger partial charge in [0.1, 0.15) is 0 Å². The fourth-order valence-corrected chi connectivity index (χ4v) is 4.27. The molecule has 6 nitrogen and oxygen atoms in total. The van der Waals surface area contributed by atoms with Crippen molar-refractivity contribution in [2.75, 3.05) is 26.7 Å². The first-order valence-electron chi connectivity index (χ1n) is 8.86. The number of nitrogens with zero attached hydrogens (tertiary/aromatic N) is 2. The second-order valence-electron chi connectivity index (χ2n) is 6.66. The minimum Gasteiger partial charge on any atom is -0.355 e. The van der Waals surface area contributed by atoms with E-state index >= 15 is 0 Å². The third kappa shape index (κ3) is 4.06. The SMILES string of the molecule is CNC(=O)N1CCC(c2nc(CCNC(=O)C3CCC3)cs2)CC1. The van der Waals surface area contributed by atoms with Gasteiger partial charge in [-0.2, -0.15) is 0 Å². The van der Waals surface area contributed by atoms with Crippen LogP contribution in [0.25, 0.3) is 0 Å². The third-order valence-corrected chi connectivity index (χ3v) is 6.13. The van der Waals surface area contributed by atoms with Crippen molar-refractivity contribution >= 4 is 23.3 Å². The number of thiazole rings is 1. The molecule has 2 N–H and O–H groups in total. The van der Waals surface area contributed by atoms with Crippen LogP contribution >= 0.6 is 11.3 Å². The van der Waals surface area contributed by atoms with Gasteiger partial charge in [0.05, 0.1) is 10.7 Å². The van der Waals surface area contributed by atoms with Gasteiger partial charge in [0, 0.05) is 50.3 Å². The fraction of sp³-hybridized carbons (Fsp3) is 0.706. The quantitative estimate of drug-likeness (QED) is 0.854. The molecule has 24 heavy (non-hydrogen) atoms. The average Bonchev–Trinajstić information content (AvgIpc) is 3.01. The molecule has 2 aliphatic rings. The largest absolute Gasteiger partial charge is 0.355 e. The minimum atomic E-state index is 0.00971. The molecule has 0 atom stereocenters. The van der Waals surface area contributed by atoms with Gasteiger partial charge >= 0.3 is 6.03 Å². The number of piperidine rings is 1. The van der Waals surface area contributed by atoms with Crippen LogP contribution in [0.15, 0.2) is 5.38 Å². The van der Waals surface area contributed by atoms with Crippen molar-refractivity contribution in [1.82, 2.24) is 20.5 Å².